The molecule has 0 spiro atoms. The minimum atomic E-state index is -0.0872. The van der Waals surface area contributed by atoms with Crippen molar-refractivity contribution in [1.29, 1.82) is 0 Å². The number of halogens is 2. The van der Waals surface area contributed by atoms with Gasteiger partial charge in [0.05, 0.1) is 0 Å². The highest BCUT2D eigenvalue weighted by Crippen LogP contribution is 2.37. The number of hydrogen-bond acceptors (Lipinski definition) is 2. The van der Waals surface area contributed by atoms with Gasteiger partial charge in [0.1, 0.15) is 5.78 Å². The highest BCUT2D eigenvalue weighted by atomic mass is 79.9. The number of carbonyl (C=O) groups excluding carboxylic acids is 2. The maximum atomic E-state index is 13.0. The van der Waals surface area contributed by atoms with E-state index >= 15 is 0 Å². The second-order valence-electron chi connectivity index (χ2n) is 7.32. The van der Waals surface area contributed by atoms with Gasteiger partial charge in [0.2, 0.25) is 0 Å². The van der Waals surface area contributed by atoms with Crippen LogP contribution in [-0.2, 0) is 4.79 Å². The SMILES string of the molecule is O=C(C[C@@H](c1cccc(Br)c1)[C@H]1CCCCCCC1=O)c1ccc(Cl)cc1. The lowest BCUT2D eigenvalue weighted by atomic mass is 9.75. The van der Waals surface area contributed by atoms with Gasteiger partial charge in [-0.3, -0.25) is 9.59 Å². The molecule has 1 aliphatic rings. The van der Waals surface area contributed by atoms with E-state index in [1.54, 1.807) is 24.3 Å². The van der Waals surface area contributed by atoms with Crippen LogP contribution in [0.2, 0.25) is 5.02 Å². The van der Waals surface area contributed by atoms with Crippen molar-refractivity contribution in [3.8, 4) is 0 Å². The molecular weight excluding hydrogens is 424 g/mol. The first-order valence-electron chi connectivity index (χ1n) is 9.61. The number of benzene rings is 2. The minimum Gasteiger partial charge on any atom is -0.299 e. The monoisotopic (exact) mass is 446 g/mol. The van der Waals surface area contributed by atoms with Crippen LogP contribution in [0.1, 0.15) is 66.8 Å². The van der Waals surface area contributed by atoms with E-state index in [1.807, 2.05) is 24.3 Å². The topological polar surface area (TPSA) is 34.1 Å². The van der Waals surface area contributed by atoms with Crippen molar-refractivity contribution in [3.05, 3.63) is 69.2 Å². The molecule has 2 aromatic carbocycles. The van der Waals surface area contributed by atoms with E-state index in [0.717, 1.165) is 35.7 Å². The van der Waals surface area contributed by atoms with Gasteiger partial charge >= 0.3 is 0 Å². The average molecular weight is 448 g/mol. The molecule has 0 aromatic heterocycles. The van der Waals surface area contributed by atoms with Gasteiger partial charge in [0.15, 0.2) is 5.78 Å². The standard InChI is InChI=1S/C23H24BrClO2/c24-18-7-5-6-17(14-18)21(20-8-3-1-2-4-9-22(20)26)15-23(27)16-10-12-19(25)13-11-16/h5-7,10-14,20-21H,1-4,8-9,15H2/t20-,21+/m1/s1. The van der Waals surface area contributed by atoms with Crippen molar-refractivity contribution in [2.75, 3.05) is 0 Å². The highest BCUT2D eigenvalue weighted by molar-refractivity contribution is 9.10. The molecule has 0 saturated heterocycles. The van der Waals surface area contributed by atoms with Crippen LogP contribution in [0.25, 0.3) is 0 Å². The lowest BCUT2D eigenvalue weighted by molar-refractivity contribution is -0.124. The van der Waals surface area contributed by atoms with Crippen molar-refractivity contribution >= 4 is 39.1 Å². The van der Waals surface area contributed by atoms with Crippen LogP contribution in [0.4, 0.5) is 0 Å². The molecule has 0 amide bonds. The number of hydrogen-bond donors (Lipinski definition) is 0. The zero-order chi connectivity index (χ0) is 19.2. The van der Waals surface area contributed by atoms with Crippen LogP contribution in [-0.4, -0.2) is 11.6 Å². The lowest BCUT2D eigenvalue weighted by Gasteiger charge is -2.28. The zero-order valence-corrected chi connectivity index (χ0v) is 17.6. The Kier molecular flexibility index (Phi) is 7.26. The molecule has 0 bridgehead atoms. The Morgan fingerprint density at radius 1 is 1.07 bits per heavy atom. The molecule has 1 saturated carbocycles. The van der Waals surface area contributed by atoms with E-state index in [9.17, 15) is 9.59 Å². The summed E-state index contributed by atoms with van der Waals surface area (Å²) in [6, 6.07) is 15.1. The Hall–Kier alpha value is -1.45. The third-order valence-electron chi connectivity index (χ3n) is 5.44. The smallest absolute Gasteiger partial charge is 0.163 e. The maximum Gasteiger partial charge on any atom is 0.163 e. The quantitative estimate of drug-likeness (QED) is 0.462. The Labute approximate surface area is 174 Å². The summed E-state index contributed by atoms with van der Waals surface area (Å²) >= 11 is 9.48. The van der Waals surface area contributed by atoms with Crippen LogP contribution in [0.3, 0.4) is 0 Å². The molecule has 4 heteroatoms. The fourth-order valence-corrected chi connectivity index (χ4v) is 4.51. The van der Waals surface area contributed by atoms with Crippen molar-refractivity contribution in [2.45, 2.75) is 50.9 Å². The summed E-state index contributed by atoms with van der Waals surface area (Å²) in [4.78, 5) is 25.9. The van der Waals surface area contributed by atoms with Crippen molar-refractivity contribution < 1.29 is 9.59 Å². The van der Waals surface area contributed by atoms with Gasteiger partial charge in [0.25, 0.3) is 0 Å². The third kappa shape index (κ3) is 5.52. The second-order valence-corrected chi connectivity index (χ2v) is 8.67. The largest absolute Gasteiger partial charge is 0.299 e. The summed E-state index contributed by atoms with van der Waals surface area (Å²) in [6.45, 7) is 0. The molecule has 2 atom stereocenters. The van der Waals surface area contributed by atoms with Crippen LogP contribution in [0.15, 0.2) is 53.0 Å². The maximum absolute atomic E-state index is 13.0. The van der Waals surface area contributed by atoms with Crippen LogP contribution in [0.5, 0.6) is 0 Å². The molecular formula is C23H24BrClO2. The fraction of sp³-hybridized carbons (Fsp3) is 0.391. The Morgan fingerprint density at radius 2 is 1.81 bits per heavy atom. The van der Waals surface area contributed by atoms with Gasteiger partial charge in [-0.05, 0) is 54.8 Å². The summed E-state index contributed by atoms with van der Waals surface area (Å²) in [7, 11) is 0. The van der Waals surface area contributed by atoms with Gasteiger partial charge in [-0.15, -0.1) is 0 Å². The second kappa shape index (κ2) is 9.66. The number of Topliss-reactive ketones (excluding diaryl/α,β-unsaturated/α-hetero) is 2. The van der Waals surface area contributed by atoms with E-state index in [0.29, 0.717) is 29.2 Å². The predicted molar refractivity (Wildman–Crippen MR) is 113 cm³/mol. The van der Waals surface area contributed by atoms with Gasteiger partial charge in [0, 0.05) is 39.7 Å². The number of rotatable bonds is 5. The number of carbonyl (C=O) groups is 2. The average Bonchev–Trinajstić information content (AvgIpc) is 2.64. The van der Waals surface area contributed by atoms with Gasteiger partial charge in [-0.2, -0.15) is 0 Å². The Balaban J connectivity index is 1.90. The first-order chi connectivity index (χ1) is 13.0. The molecule has 0 unspecified atom stereocenters. The van der Waals surface area contributed by atoms with Crippen LogP contribution < -0.4 is 0 Å². The normalized spacial score (nSPS) is 19.2. The Bertz CT molecular complexity index is 800. The van der Waals surface area contributed by atoms with Gasteiger partial charge in [-0.25, -0.2) is 0 Å². The molecule has 1 fully saturated rings. The molecule has 0 N–H and O–H groups in total. The molecule has 1 aliphatic carbocycles. The molecule has 3 rings (SSSR count). The summed E-state index contributed by atoms with van der Waals surface area (Å²) in [5.41, 5.74) is 1.71. The van der Waals surface area contributed by atoms with Crippen molar-refractivity contribution in [1.82, 2.24) is 0 Å². The molecule has 0 radical (unpaired) electrons. The molecule has 0 aliphatic heterocycles. The van der Waals surface area contributed by atoms with E-state index < -0.39 is 0 Å². The molecule has 0 heterocycles. The number of ketones is 2. The molecule has 27 heavy (non-hydrogen) atoms. The first-order valence-corrected chi connectivity index (χ1v) is 10.8. The predicted octanol–water partition coefficient (Wildman–Crippen LogP) is 7.00. The van der Waals surface area contributed by atoms with E-state index in [-0.39, 0.29) is 17.6 Å². The zero-order valence-electron chi connectivity index (χ0n) is 15.3. The summed E-state index contributed by atoms with van der Waals surface area (Å²) < 4.78 is 0.974. The van der Waals surface area contributed by atoms with E-state index in [1.165, 1.54) is 6.42 Å². The molecule has 2 aromatic rings. The van der Waals surface area contributed by atoms with Crippen LogP contribution in [0, 0.1) is 5.92 Å². The first kappa shape index (κ1) is 20.3. The summed E-state index contributed by atoms with van der Waals surface area (Å²) in [6.07, 6.45) is 6.15. The van der Waals surface area contributed by atoms with Crippen LogP contribution >= 0.6 is 27.5 Å². The summed E-state index contributed by atoms with van der Waals surface area (Å²) in [5, 5.41) is 0.616. The van der Waals surface area contributed by atoms with E-state index in [4.69, 9.17) is 11.6 Å². The lowest BCUT2D eigenvalue weighted by Crippen LogP contribution is -2.26. The van der Waals surface area contributed by atoms with Crippen molar-refractivity contribution in [3.63, 3.8) is 0 Å². The fourth-order valence-electron chi connectivity index (χ4n) is 3.97. The van der Waals surface area contributed by atoms with Crippen molar-refractivity contribution in [2.24, 2.45) is 5.92 Å². The highest BCUT2D eigenvalue weighted by Gasteiger charge is 2.31. The minimum absolute atomic E-state index is 0.0616. The Morgan fingerprint density at radius 3 is 2.56 bits per heavy atom. The third-order valence-corrected chi connectivity index (χ3v) is 6.18. The molecule has 2 nitrogen and oxygen atoms in total. The van der Waals surface area contributed by atoms with Gasteiger partial charge < -0.3 is 0 Å². The summed E-state index contributed by atoms with van der Waals surface area (Å²) in [5.74, 6) is 0.196. The van der Waals surface area contributed by atoms with Gasteiger partial charge in [-0.1, -0.05) is 58.9 Å². The molecule has 142 valence electrons. The van der Waals surface area contributed by atoms with E-state index in [2.05, 4.69) is 15.9 Å².